The molecule has 0 aliphatic carbocycles. The Bertz CT molecular complexity index is 1330. The third kappa shape index (κ3) is 4.56. The number of nitrogens with zero attached hydrogens (tertiary/aromatic N) is 1. The first-order valence-electron chi connectivity index (χ1n) is 10.8. The van der Waals surface area contributed by atoms with E-state index in [0.29, 0.717) is 17.1 Å². The third-order valence-electron chi connectivity index (χ3n) is 5.85. The van der Waals surface area contributed by atoms with Crippen molar-refractivity contribution < 1.29 is 19.2 Å². The maximum Gasteiger partial charge on any atom is 0.273 e. The molecule has 0 saturated carbocycles. The Morgan fingerprint density at radius 1 is 1.00 bits per heavy atom. The predicted octanol–water partition coefficient (Wildman–Crippen LogP) is 4.58. The molecular formula is C26H25N3O5. The van der Waals surface area contributed by atoms with Crippen LogP contribution in [0.1, 0.15) is 22.6 Å². The standard InChI is InChI=1S/C26H25N3O5/c1-33-24-13-7-10-19(26(24)34-2)21(20-15-27-22-11-5-4-9-18(20)22)16-28-25(30)14-17-8-3-6-12-23(17)29(31)32/h3-13,15,21,27H,14,16H2,1-2H3,(H,28,30). The Hall–Kier alpha value is -4.33. The van der Waals surface area contributed by atoms with E-state index in [0.717, 1.165) is 22.0 Å². The number of hydrogen-bond acceptors (Lipinski definition) is 5. The molecule has 1 heterocycles. The number of nitro benzene ring substituents is 1. The molecule has 8 nitrogen and oxygen atoms in total. The van der Waals surface area contributed by atoms with Crippen molar-refractivity contribution in [3.05, 3.63) is 99.7 Å². The number of aromatic amines is 1. The first-order chi connectivity index (χ1) is 16.5. The summed E-state index contributed by atoms with van der Waals surface area (Å²) in [4.78, 5) is 27.0. The summed E-state index contributed by atoms with van der Waals surface area (Å²) in [7, 11) is 3.16. The number of carbonyl (C=O) groups is 1. The molecule has 174 valence electrons. The average Bonchev–Trinajstić information content (AvgIpc) is 3.28. The molecule has 2 N–H and O–H groups in total. The van der Waals surface area contributed by atoms with Crippen molar-refractivity contribution >= 4 is 22.5 Å². The minimum atomic E-state index is -0.474. The lowest BCUT2D eigenvalue weighted by Crippen LogP contribution is -2.30. The number of hydrogen-bond donors (Lipinski definition) is 2. The molecular weight excluding hydrogens is 434 g/mol. The summed E-state index contributed by atoms with van der Waals surface area (Å²) in [5.41, 5.74) is 3.13. The fourth-order valence-electron chi connectivity index (χ4n) is 4.25. The largest absolute Gasteiger partial charge is 0.493 e. The molecule has 0 radical (unpaired) electrons. The van der Waals surface area contributed by atoms with Crippen LogP contribution in [0.25, 0.3) is 10.9 Å². The first-order valence-corrected chi connectivity index (χ1v) is 10.8. The van der Waals surface area contributed by atoms with Crippen LogP contribution in [0.5, 0.6) is 11.5 Å². The maximum absolute atomic E-state index is 12.8. The number of benzene rings is 3. The second kappa shape index (κ2) is 10.1. The van der Waals surface area contributed by atoms with Gasteiger partial charge in [-0.25, -0.2) is 0 Å². The predicted molar refractivity (Wildman–Crippen MR) is 129 cm³/mol. The zero-order chi connectivity index (χ0) is 24.1. The topological polar surface area (TPSA) is 106 Å². The van der Waals surface area contributed by atoms with Gasteiger partial charge in [-0.3, -0.25) is 14.9 Å². The van der Waals surface area contributed by atoms with Crippen molar-refractivity contribution in [2.75, 3.05) is 20.8 Å². The monoisotopic (exact) mass is 459 g/mol. The number of H-pyrrole nitrogens is 1. The lowest BCUT2D eigenvalue weighted by atomic mass is 9.89. The Balaban J connectivity index is 1.67. The lowest BCUT2D eigenvalue weighted by molar-refractivity contribution is -0.385. The molecule has 0 aliphatic heterocycles. The van der Waals surface area contributed by atoms with E-state index in [1.54, 1.807) is 32.4 Å². The van der Waals surface area contributed by atoms with Crippen LogP contribution in [0, 0.1) is 10.1 Å². The molecule has 1 aromatic heterocycles. The average molecular weight is 460 g/mol. The minimum Gasteiger partial charge on any atom is -0.493 e. The number of nitro groups is 1. The molecule has 3 aromatic carbocycles. The van der Waals surface area contributed by atoms with Crippen LogP contribution in [-0.4, -0.2) is 36.6 Å². The molecule has 34 heavy (non-hydrogen) atoms. The minimum absolute atomic E-state index is 0.0692. The van der Waals surface area contributed by atoms with Gasteiger partial charge < -0.3 is 19.8 Å². The highest BCUT2D eigenvalue weighted by molar-refractivity contribution is 5.85. The molecule has 1 amide bonds. The second-order valence-electron chi connectivity index (χ2n) is 7.79. The van der Waals surface area contributed by atoms with E-state index in [1.165, 1.54) is 6.07 Å². The van der Waals surface area contributed by atoms with Gasteiger partial charge in [-0.15, -0.1) is 0 Å². The summed E-state index contributed by atoms with van der Waals surface area (Å²) in [6.07, 6.45) is 1.84. The Morgan fingerprint density at radius 2 is 1.76 bits per heavy atom. The van der Waals surface area contributed by atoms with Crippen LogP contribution in [0.15, 0.2) is 72.9 Å². The normalized spacial score (nSPS) is 11.7. The number of nitrogens with one attached hydrogen (secondary N) is 2. The van der Waals surface area contributed by atoms with E-state index in [9.17, 15) is 14.9 Å². The van der Waals surface area contributed by atoms with Crippen LogP contribution in [0.4, 0.5) is 5.69 Å². The van der Waals surface area contributed by atoms with Crippen molar-refractivity contribution in [1.29, 1.82) is 0 Å². The summed E-state index contributed by atoms with van der Waals surface area (Å²) in [5, 5.41) is 15.3. The van der Waals surface area contributed by atoms with E-state index >= 15 is 0 Å². The third-order valence-corrected chi connectivity index (χ3v) is 5.85. The van der Waals surface area contributed by atoms with Crippen LogP contribution in [-0.2, 0) is 11.2 Å². The van der Waals surface area contributed by atoms with Crippen LogP contribution < -0.4 is 14.8 Å². The first kappa shape index (κ1) is 22.8. The summed E-state index contributed by atoms with van der Waals surface area (Å²) >= 11 is 0. The maximum atomic E-state index is 12.8. The van der Waals surface area contributed by atoms with E-state index < -0.39 is 4.92 Å². The van der Waals surface area contributed by atoms with Crippen LogP contribution in [0.2, 0.25) is 0 Å². The van der Waals surface area contributed by atoms with E-state index in [2.05, 4.69) is 10.3 Å². The summed E-state index contributed by atoms with van der Waals surface area (Å²) in [5.74, 6) is 0.626. The summed E-state index contributed by atoms with van der Waals surface area (Å²) < 4.78 is 11.2. The van der Waals surface area contributed by atoms with Gasteiger partial charge in [0, 0.05) is 46.8 Å². The molecule has 0 saturated heterocycles. The van der Waals surface area contributed by atoms with E-state index in [4.69, 9.17) is 9.47 Å². The van der Waals surface area contributed by atoms with Crippen molar-refractivity contribution in [3.8, 4) is 11.5 Å². The number of para-hydroxylation sites is 3. The van der Waals surface area contributed by atoms with Crippen LogP contribution in [0.3, 0.4) is 0 Å². The van der Waals surface area contributed by atoms with Crippen molar-refractivity contribution in [1.82, 2.24) is 10.3 Å². The van der Waals surface area contributed by atoms with Crippen LogP contribution >= 0.6 is 0 Å². The summed E-state index contributed by atoms with van der Waals surface area (Å²) in [6, 6.07) is 19.9. The highest BCUT2D eigenvalue weighted by atomic mass is 16.6. The smallest absolute Gasteiger partial charge is 0.273 e. The van der Waals surface area contributed by atoms with Gasteiger partial charge in [-0.05, 0) is 17.7 Å². The molecule has 4 aromatic rings. The molecule has 0 spiro atoms. The van der Waals surface area contributed by atoms with Gasteiger partial charge in [-0.2, -0.15) is 0 Å². The number of rotatable bonds is 9. The number of methoxy groups -OCH3 is 2. The molecule has 0 fully saturated rings. The Labute approximate surface area is 196 Å². The highest BCUT2D eigenvalue weighted by Crippen LogP contribution is 2.40. The van der Waals surface area contributed by atoms with E-state index in [-0.39, 0.29) is 30.5 Å². The molecule has 1 atom stereocenters. The number of fused-ring (bicyclic) bond motifs is 1. The fourth-order valence-corrected chi connectivity index (χ4v) is 4.25. The van der Waals surface area contributed by atoms with Gasteiger partial charge >= 0.3 is 0 Å². The molecule has 4 rings (SSSR count). The van der Waals surface area contributed by atoms with Crippen molar-refractivity contribution in [3.63, 3.8) is 0 Å². The van der Waals surface area contributed by atoms with Gasteiger partial charge in [0.15, 0.2) is 11.5 Å². The van der Waals surface area contributed by atoms with Crippen molar-refractivity contribution in [2.45, 2.75) is 12.3 Å². The zero-order valence-electron chi connectivity index (χ0n) is 18.9. The highest BCUT2D eigenvalue weighted by Gasteiger charge is 2.25. The molecule has 8 heteroatoms. The molecule has 0 aliphatic rings. The quantitative estimate of drug-likeness (QED) is 0.281. The Morgan fingerprint density at radius 3 is 2.53 bits per heavy atom. The van der Waals surface area contributed by atoms with Gasteiger partial charge in [0.25, 0.3) is 5.69 Å². The van der Waals surface area contributed by atoms with Gasteiger partial charge in [-0.1, -0.05) is 48.5 Å². The number of aromatic nitrogens is 1. The van der Waals surface area contributed by atoms with Gasteiger partial charge in [0.2, 0.25) is 5.91 Å². The Kier molecular flexibility index (Phi) is 6.77. The molecule has 1 unspecified atom stereocenters. The number of ether oxygens (including phenoxy) is 2. The molecule has 0 bridgehead atoms. The zero-order valence-corrected chi connectivity index (χ0v) is 18.9. The fraction of sp³-hybridized carbons (Fsp3) is 0.192. The lowest BCUT2D eigenvalue weighted by Gasteiger charge is -2.22. The number of amides is 1. The SMILES string of the molecule is COc1cccc(C(CNC(=O)Cc2ccccc2[N+](=O)[O-])c2c[nH]c3ccccc23)c1OC. The second-order valence-corrected chi connectivity index (χ2v) is 7.79. The number of carbonyl (C=O) groups excluding carboxylic acids is 1. The van der Waals surface area contributed by atoms with Gasteiger partial charge in [0.05, 0.1) is 25.6 Å². The van der Waals surface area contributed by atoms with Crippen molar-refractivity contribution in [2.24, 2.45) is 0 Å². The summed E-state index contributed by atoms with van der Waals surface area (Å²) in [6.45, 7) is 0.269. The van der Waals surface area contributed by atoms with E-state index in [1.807, 2.05) is 48.7 Å². The van der Waals surface area contributed by atoms with Gasteiger partial charge in [0.1, 0.15) is 0 Å².